The van der Waals surface area contributed by atoms with Crippen LogP contribution in [0.4, 0.5) is 0 Å². The lowest BCUT2D eigenvalue weighted by molar-refractivity contribution is -0.139. The van der Waals surface area contributed by atoms with E-state index in [2.05, 4.69) is 0 Å². The average Bonchev–Trinajstić information content (AvgIpc) is 2.78. The quantitative estimate of drug-likeness (QED) is 0.730. The van der Waals surface area contributed by atoms with E-state index in [0.717, 1.165) is 30.6 Å². The Bertz CT molecular complexity index is 410. The van der Waals surface area contributed by atoms with Crippen LogP contribution in [0, 0.1) is 0 Å². The highest BCUT2D eigenvalue weighted by Crippen LogP contribution is 2.33. The number of esters is 1. The lowest BCUT2D eigenvalue weighted by atomic mass is 10.00. The minimum absolute atomic E-state index is 0.181. The van der Waals surface area contributed by atoms with Gasteiger partial charge in [0.2, 0.25) is 0 Å². The van der Waals surface area contributed by atoms with Gasteiger partial charge >= 0.3 is 5.97 Å². The molecule has 86 valence electrons. The van der Waals surface area contributed by atoms with Crippen LogP contribution in [-0.4, -0.2) is 20.2 Å². The van der Waals surface area contributed by atoms with E-state index in [1.807, 2.05) is 12.1 Å². The molecule has 1 aliphatic carbocycles. The first-order valence-electron chi connectivity index (χ1n) is 5.50. The first kappa shape index (κ1) is 11.0. The molecular weight excluding hydrogens is 204 g/mol. The maximum Gasteiger partial charge on any atom is 0.309 e. The standard InChI is InChI=1S/C13H16O3/c1-15-12-7-6-9(8-13(14)16-2)10-4-3-5-11(10)12/h6-7H,3-5,8H2,1-2H3. The summed E-state index contributed by atoms with van der Waals surface area (Å²) in [5, 5.41) is 0. The molecule has 1 aromatic rings. The second kappa shape index (κ2) is 4.56. The molecule has 0 bridgehead atoms. The normalized spacial score (nSPS) is 13.4. The van der Waals surface area contributed by atoms with Crippen LogP contribution in [0.5, 0.6) is 5.75 Å². The van der Waals surface area contributed by atoms with Crippen molar-refractivity contribution in [2.75, 3.05) is 14.2 Å². The smallest absolute Gasteiger partial charge is 0.309 e. The van der Waals surface area contributed by atoms with E-state index in [-0.39, 0.29) is 5.97 Å². The minimum atomic E-state index is -0.181. The number of carbonyl (C=O) groups excluding carboxylic acids is 1. The summed E-state index contributed by atoms with van der Waals surface area (Å²) in [6, 6.07) is 3.92. The van der Waals surface area contributed by atoms with E-state index < -0.39 is 0 Å². The molecular formula is C13H16O3. The maximum absolute atomic E-state index is 11.3. The summed E-state index contributed by atoms with van der Waals surface area (Å²) in [7, 11) is 3.11. The van der Waals surface area contributed by atoms with Crippen molar-refractivity contribution in [1.29, 1.82) is 0 Å². The van der Waals surface area contributed by atoms with E-state index in [1.54, 1.807) is 7.11 Å². The number of methoxy groups -OCH3 is 2. The molecule has 0 unspecified atom stereocenters. The fourth-order valence-corrected chi connectivity index (χ4v) is 2.33. The third-order valence-corrected chi connectivity index (χ3v) is 3.12. The molecule has 0 aliphatic heterocycles. The molecule has 0 fully saturated rings. The van der Waals surface area contributed by atoms with E-state index >= 15 is 0 Å². The van der Waals surface area contributed by atoms with Gasteiger partial charge in [0.1, 0.15) is 5.75 Å². The zero-order valence-electron chi connectivity index (χ0n) is 9.71. The van der Waals surface area contributed by atoms with Gasteiger partial charge in [-0.05, 0) is 42.0 Å². The molecule has 1 aromatic carbocycles. The average molecular weight is 220 g/mol. The lowest BCUT2D eigenvalue weighted by Crippen LogP contribution is -2.07. The fourth-order valence-electron chi connectivity index (χ4n) is 2.33. The second-order valence-corrected chi connectivity index (χ2v) is 3.99. The van der Waals surface area contributed by atoms with Gasteiger partial charge in [-0.15, -0.1) is 0 Å². The zero-order chi connectivity index (χ0) is 11.5. The first-order chi connectivity index (χ1) is 7.76. The van der Waals surface area contributed by atoms with Crippen LogP contribution in [0.3, 0.4) is 0 Å². The molecule has 0 N–H and O–H groups in total. The Morgan fingerprint density at radius 2 is 2.00 bits per heavy atom. The molecule has 0 heterocycles. The molecule has 0 radical (unpaired) electrons. The Hall–Kier alpha value is -1.51. The summed E-state index contributed by atoms with van der Waals surface area (Å²) in [6.07, 6.45) is 3.60. The van der Waals surface area contributed by atoms with Crippen molar-refractivity contribution in [3.63, 3.8) is 0 Å². The van der Waals surface area contributed by atoms with Gasteiger partial charge in [-0.3, -0.25) is 4.79 Å². The van der Waals surface area contributed by atoms with Gasteiger partial charge < -0.3 is 9.47 Å². The van der Waals surface area contributed by atoms with E-state index in [0.29, 0.717) is 6.42 Å². The van der Waals surface area contributed by atoms with Crippen molar-refractivity contribution >= 4 is 5.97 Å². The van der Waals surface area contributed by atoms with E-state index in [9.17, 15) is 4.79 Å². The maximum atomic E-state index is 11.3. The van der Waals surface area contributed by atoms with Gasteiger partial charge in [0, 0.05) is 0 Å². The van der Waals surface area contributed by atoms with Crippen LogP contribution in [0.25, 0.3) is 0 Å². The van der Waals surface area contributed by atoms with E-state index in [1.165, 1.54) is 18.2 Å². The molecule has 0 saturated heterocycles. The number of rotatable bonds is 3. The van der Waals surface area contributed by atoms with Crippen LogP contribution >= 0.6 is 0 Å². The van der Waals surface area contributed by atoms with Gasteiger partial charge in [-0.25, -0.2) is 0 Å². The van der Waals surface area contributed by atoms with Crippen LogP contribution in [0.15, 0.2) is 12.1 Å². The van der Waals surface area contributed by atoms with Crippen molar-refractivity contribution in [3.05, 3.63) is 28.8 Å². The molecule has 0 aromatic heterocycles. The molecule has 0 spiro atoms. The molecule has 0 saturated carbocycles. The number of carbonyl (C=O) groups is 1. The molecule has 2 rings (SSSR count). The Kier molecular flexibility index (Phi) is 3.13. The summed E-state index contributed by atoms with van der Waals surface area (Å²) in [6.45, 7) is 0. The van der Waals surface area contributed by atoms with Crippen molar-refractivity contribution in [3.8, 4) is 5.75 Å². The van der Waals surface area contributed by atoms with Crippen molar-refractivity contribution in [1.82, 2.24) is 0 Å². The van der Waals surface area contributed by atoms with Gasteiger partial charge in [0.15, 0.2) is 0 Å². The Labute approximate surface area is 95.4 Å². The van der Waals surface area contributed by atoms with Gasteiger partial charge in [-0.1, -0.05) is 6.07 Å². The summed E-state index contributed by atoms with van der Waals surface area (Å²) >= 11 is 0. The molecule has 1 aliphatic rings. The SMILES string of the molecule is COC(=O)Cc1ccc(OC)c2c1CCC2. The predicted molar refractivity (Wildman–Crippen MR) is 60.7 cm³/mol. The highest BCUT2D eigenvalue weighted by atomic mass is 16.5. The van der Waals surface area contributed by atoms with Crippen molar-refractivity contribution < 1.29 is 14.3 Å². The molecule has 3 heteroatoms. The van der Waals surface area contributed by atoms with Crippen LogP contribution in [0.1, 0.15) is 23.1 Å². The van der Waals surface area contributed by atoms with Crippen molar-refractivity contribution in [2.45, 2.75) is 25.7 Å². The molecule has 3 nitrogen and oxygen atoms in total. The van der Waals surface area contributed by atoms with Crippen LogP contribution < -0.4 is 4.74 Å². The third-order valence-electron chi connectivity index (χ3n) is 3.12. The van der Waals surface area contributed by atoms with Gasteiger partial charge in [-0.2, -0.15) is 0 Å². The molecule has 0 atom stereocenters. The lowest BCUT2D eigenvalue weighted by Gasteiger charge is -2.11. The third kappa shape index (κ3) is 1.90. The fraction of sp³-hybridized carbons (Fsp3) is 0.462. The highest BCUT2D eigenvalue weighted by molar-refractivity contribution is 5.73. The molecule has 0 amide bonds. The van der Waals surface area contributed by atoms with E-state index in [4.69, 9.17) is 9.47 Å². The summed E-state index contributed by atoms with van der Waals surface area (Å²) in [5.74, 6) is 0.764. The molecule has 16 heavy (non-hydrogen) atoms. The number of benzene rings is 1. The zero-order valence-corrected chi connectivity index (χ0v) is 9.71. The summed E-state index contributed by atoms with van der Waals surface area (Å²) < 4.78 is 10.0. The number of hydrogen-bond donors (Lipinski definition) is 0. The second-order valence-electron chi connectivity index (χ2n) is 3.99. The summed E-state index contributed by atoms with van der Waals surface area (Å²) in [4.78, 5) is 11.3. The minimum Gasteiger partial charge on any atom is -0.496 e. The van der Waals surface area contributed by atoms with Gasteiger partial charge in [0.25, 0.3) is 0 Å². The Morgan fingerprint density at radius 1 is 1.25 bits per heavy atom. The Morgan fingerprint density at radius 3 is 2.69 bits per heavy atom. The largest absolute Gasteiger partial charge is 0.496 e. The Balaban J connectivity index is 2.34. The van der Waals surface area contributed by atoms with Gasteiger partial charge in [0.05, 0.1) is 20.6 Å². The number of hydrogen-bond acceptors (Lipinski definition) is 3. The number of ether oxygens (including phenoxy) is 2. The van der Waals surface area contributed by atoms with Crippen LogP contribution in [0.2, 0.25) is 0 Å². The predicted octanol–water partition coefficient (Wildman–Crippen LogP) is 1.90. The summed E-state index contributed by atoms with van der Waals surface area (Å²) in [5.41, 5.74) is 3.63. The van der Waals surface area contributed by atoms with Crippen LogP contribution in [-0.2, 0) is 28.8 Å². The monoisotopic (exact) mass is 220 g/mol. The number of fused-ring (bicyclic) bond motifs is 1. The first-order valence-corrected chi connectivity index (χ1v) is 5.50. The van der Waals surface area contributed by atoms with Crippen molar-refractivity contribution in [2.24, 2.45) is 0 Å². The highest BCUT2D eigenvalue weighted by Gasteiger charge is 2.20. The topological polar surface area (TPSA) is 35.5 Å².